The molecular weight excluding hydrogens is 374 g/mol. The zero-order valence-corrected chi connectivity index (χ0v) is 18.0. The summed E-state index contributed by atoms with van der Waals surface area (Å²) in [6, 6.07) is -2.27. The number of carbonyl (C=O) groups excluding carboxylic acids is 4. The lowest BCUT2D eigenvalue weighted by atomic mass is 10.00. The van der Waals surface area contributed by atoms with Crippen molar-refractivity contribution >= 4 is 23.8 Å². The van der Waals surface area contributed by atoms with Gasteiger partial charge in [0, 0.05) is 25.7 Å². The summed E-state index contributed by atoms with van der Waals surface area (Å²) >= 11 is 0. The van der Waals surface area contributed by atoms with Crippen LogP contribution >= 0.6 is 0 Å². The van der Waals surface area contributed by atoms with Crippen molar-refractivity contribution in [3.63, 3.8) is 0 Å². The zero-order chi connectivity index (χ0) is 22.0. The van der Waals surface area contributed by atoms with Crippen LogP contribution in [-0.2, 0) is 14.4 Å². The average molecular weight is 410 g/mol. The highest BCUT2D eigenvalue weighted by atomic mass is 16.2. The van der Waals surface area contributed by atoms with E-state index in [4.69, 9.17) is 0 Å². The summed E-state index contributed by atoms with van der Waals surface area (Å²) in [5, 5.41) is 13.6. The number of urea groups is 1. The molecule has 1 rings (SSSR count). The molecular formula is C20H35N5O4. The van der Waals surface area contributed by atoms with Crippen molar-refractivity contribution in [1.82, 2.24) is 26.6 Å². The molecule has 0 bridgehead atoms. The zero-order valence-electron chi connectivity index (χ0n) is 18.0. The molecule has 29 heavy (non-hydrogen) atoms. The first-order valence-corrected chi connectivity index (χ1v) is 10.2. The molecule has 1 unspecified atom stereocenters. The Bertz CT molecular complexity index is 618. The Morgan fingerprint density at radius 3 is 2.41 bits per heavy atom. The van der Waals surface area contributed by atoms with E-state index in [9.17, 15) is 19.2 Å². The van der Waals surface area contributed by atoms with Crippen LogP contribution in [0.2, 0.25) is 0 Å². The van der Waals surface area contributed by atoms with Gasteiger partial charge in [-0.05, 0) is 31.1 Å². The number of hydrogen-bond acceptors (Lipinski definition) is 4. The molecule has 0 aromatic rings. The van der Waals surface area contributed by atoms with Gasteiger partial charge in [0.2, 0.25) is 17.7 Å². The van der Waals surface area contributed by atoms with Gasteiger partial charge in [0.1, 0.15) is 12.1 Å². The predicted octanol–water partition coefficient (Wildman–Crippen LogP) is 0.422. The summed E-state index contributed by atoms with van der Waals surface area (Å²) in [4.78, 5) is 49.1. The van der Waals surface area contributed by atoms with E-state index in [1.807, 2.05) is 27.7 Å². The van der Waals surface area contributed by atoms with Crippen LogP contribution < -0.4 is 26.6 Å². The molecule has 0 fully saturated rings. The summed E-state index contributed by atoms with van der Waals surface area (Å²) in [5.74, 6) is -0.968. The van der Waals surface area contributed by atoms with Crippen molar-refractivity contribution in [2.75, 3.05) is 13.6 Å². The third-order valence-corrected chi connectivity index (χ3v) is 4.80. The minimum absolute atomic E-state index is 0.0700. The smallest absolute Gasteiger partial charge is 0.315 e. The fourth-order valence-electron chi connectivity index (χ4n) is 2.92. The monoisotopic (exact) mass is 409 g/mol. The van der Waals surface area contributed by atoms with Crippen LogP contribution in [0.5, 0.6) is 0 Å². The Balaban J connectivity index is 2.96. The molecule has 0 saturated heterocycles. The summed E-state index contributed by atoms with van der Waals surface area (Å²) in [6.07, 6.45) is 4.89. The Kier molecular flexibility index (Phi) is 10.2. The van der Waals surface area contributed by atoms with E-state index in [2.05, 4.69) is 26.6 Å². The van der Waals surface area contributed by atoms with Crippen LogP contribution in [0, 0.1) is 11.8 Å². The van der Waals surface area contributed by atoms with Crippen molar-refractivity contribution in [3.05, 3.63) is 12.2 Å². The summed E-state index contributed by atoms with van der Waals surface area (Å²) in [6.45, 7) is 8.03. The maximum Gasteiger partial charge on any atom is 0.315 e. The molecule has 1 heterocycles. The van der Waals surface area contributed by atoms with Gasteiger partial charge < -0.3 is 26.6 Å². The number of rotatable bonds is 5. The summed E-state index contributed by atoms with van der Waals surface area (Å²) in [7, 11) is 1.48. The summed E-state index contributed by atoms with van der Waals surface area (Å²) < 4.78 is 0. The first kappa shape index (κ1) is 24.5. The molecule has 5 N–H and O–H groups in total. The van der Waals surface area contributed by atoms with Crippen LogP contribution in [-0.4, -0.2) is 55.5 Å². The molecule has 164 valence electrons. The number of hydrogen-bond donors (Lipinski definition) is 5. The maximum absolute atomic E-state index is 12.9. The molecule has 0 spiro atoms. The van der Waals surface area contributed by atoms with Gasteiger partial charge in [0.15, 0.2) is 0 Å². The van der Waals surface area contributed by atoms with Crippen LogP contribution in [0.25, 0.3) is 0 Å². The Morgan fingerprint density at radius 2 is 1.83 bits per heavy atom. The van der Waals surface area contributed by atoms with Gasteiger partial charge in [-0.3, -0.25) is 14.4 Å². The van der Waals surface area contributed by atoms with Gasteiger partial charge in [-0.2, -0.15) is 0 Å². The lowest BCUT2D eigenvalue weighted by Gasteiger charge is -2.27. The van der Waals surface area contributed by atoms with E-state index in [1.54, 1.807) is 6.08 Å². The van der Waals surface area contributed by atoms with Crippen molar-refractivity contribution in [1.29, 1.82) is 0 Å². The summed E-state index contributed by atoms with van der Waals surface area (Å²) in [5.41, 5.74) is 0. The normalized spacial score (nSPS) is 23.1. The second-order valence-corrected chi connectivity index (χ2v) is 7.93. The SMILES string of the molecule is CNC(=O)N[C@H](C(=O)NC1CCCCNC(=O)/C=C/[C@H](C(C)C)NC1=O)C(C)C. The molecule has 9 heteroatoms. The Labute approximate surface area is 172 Å². The Hall–Kier alpha value is -2.58. The van der Waals surface area contributed by atoms with Gasteiger partial charge in [0.25, 0.3) is 0 Å². The second kappa shape index (κ2) is 12.1. The largest absolute Gasteiger partial charge is 0.353 e. The minimum Gasteiger partial charge on any atom is -0.353 e. The lowest BCUT2D eigenvalue weighted by Crippen LogP contribution is -2.57. The first-order valence-electron chi connectivity index (χ1n) is 10.2. The fourth-order valence-corrected chi connectivity index (χ4v) is 2.92. The number of nitrogens with one attached hydrogen (secondary N) is 5. The molecule has 1 aliphatic rings. The van der Waals surface area contributed by atoms with Crippen LogP contribution in [0.1, 0.15) is 47.0 Å². The molecule has 3 atom stereocenters. The third-order valence-electron chi connectivity index (χ3n) is 4.80. The minimum atomic E-state index is -0.760. The lowest BCUT2D eigenvalue weighted by molar-refractivity contribution is -0.131. The van der Waals surface area contributed by atoms with Crippen molar-refractivity contribution in [2.24, 2.45) is 11.8 Å². The van der Waals surface area contributed by atoms with Gasteiger partial charge >= 0.3 is 6.03 Å². The van der Waals surface area contributed by atoms with Gasteiger partial charge in [-0.1, -0.05) is 33.8 Å². The molecule has 0 aromatic carbocycles. The van der Waals surface area contributed by atoms with E-state index in [1.165, 1.54) is 13.1 Å². The molecule has 0 radical (unpaired) electrons. The van der Waals surface area contributed by atoms with Gasteiger partial charge in [-0.15, -0.1) is 0 Å². The highest BCUT2D eigenvalue weighted by molar-refractivity contribution is 5.92. The molecule has 5 amide bonds. The van der Waals surface area contributed by atoms with Crippen molar-refractivity contribution in [2.45, 2.75) is 65.1 Å². The highest BCUT2D eigenvalue weighted by Gasteiger charge is 2.29. The highest BCUT2D eigenvalue weighted by Crippen LogP contribution is 2.09. The first-order chi connectivity index (χ1) is 13.6. The van der Waals surface area contributed by atoms with Gasteiger partial charge in [-0.25, -0.2) is 4.79 Å². The standard InChI is InChI=1S/C20H35N5O4/c1-12(2)14-9-10-16(26)22-11-7-6-8-15(18(27)23-14)24-19(28)17(13(3)4)25-20(29)21-5/h9-10,12-15,17H,6-8,11H2,1-5H3,(H,22,26)(H,23,27)(H,24,28)(H2,21,25,29)/b10-9+/t14-,15?,17+/m1/s1. The third kappa shape index (κ3) is 8.53. The molecule has 0 aromatic heterocycles. The number of amides is 5. The van der Waals surface area contributed by atoms with E-state index < -0.39 is 24.0 Å². The topological polar surface area (TPSA) is 128 Å². The number of carbonyl (C=O) groups is 4. The van der Waals surface area contributed by atoms with Crippen LogP contribution in [0.15, 0.2) is 12.2 Å². The molecule has 0 saturated carbocycles. The van der Waals surface area contributed by atoms with E-state index in [0.717, 1.165) is 0 Å². The second-order valence-electron chi connectivity index (χ2n) is 7.93. The quantitative estimate of drug-likeness (QED) is 0.451. The Morgan fingerprint density at radius 1 is 1.14 bits per heavy atom. The van der Waals surface area contributed by atoms with Crippen LogP contribution in [0.4, 0.5) is 4.79 Å². The van der Waals surface area contributed by atoms with E-state index in [-0.39, 0.29) is 29.7 Å². The van der Waals surface area contributed by atoms with Crippen molar-refractivity contribution in [3.8, 4) is 0 Å². The predicted molar refractivity (Wildman–Crippen MR) is 111 cm³/mol. The molecule has 9 nitrogen and oxygen atoms in total. The van der Waals surface area contributed by atoms with Crippen LogP contribution in [0.3, 0.4) is 0 Å². The average Bonchev–Trinajstić information content (AvgIpc) is 2.65. The molecule has 1 aliphatic heterocycles. The fraction of sp³-hybridized carbons (Fsp3) is 0.700. The maximum atomic E-state index is 12.9. The van der Waals surface area contributed by atoms with E-state index in [0.29, 0.717) is 25.8 Å². The van der Waals surface area contributed by atoms with E-state index >= 15 is 0 Å². The molecule has 0 aliphatic carbocycles. The van der Waals surface area contributed by atoms with Gasteiger partial charge in [0.05, 0.1) is 0 Å². The van der Waals surface area contributed by atoms with Crippen molar-refractivity contribution < 1.29 is 19.2 Å².